The van der Waals surface area contributed by atoms with Crippen molar-refractivity contribution in [2.75, 3.05) is 5.73 Å². The van der Waals surface area contributed by atoms with Crippen molar-refractivity contribution < 1.29 is 62.6 Å². The Labute approximate surface area is 139 Å². The molecule has 2 N–H and O–H groups in total. The molecule has 1 aromatic heterocycles. The minimum atomic E-state index is -0.339. The predicted molar refractivity (Wildman–Crippen MR) is 55.5 cm³/mol. The molecule has 1 aromatic rings. The molecule has 0 aliphatic rings. The summed E-state index contributed by atoms with van der Waals surface area (Å²) in [6, 6.07) is 1.21. The van der Waals surface area contributed by atoms with Crippen LogP contribution < -0.4 is 63.9 Å². The van der Waals surface area contributed by atoms with Gasteiger partial charge >= 0.3 is 58.2 Å². The fourth-order valence-corrected chi connectivity index (χ4v) is 1.40. The van der Waals surface area contributed by atoms with Gasteiger partial charge in [-0.15, -0.1) is 12.1 Å². The number of pyridine rings is 1. The molecule has 0 bridgehead atoms. The second-order valence-electron chi connectivity index (χ2n) is 3.51. The van der Waals surface area contributed by atoms with Crippen molar-refractivity contribution in [1.82, 2.24) is 4.98 Å². The topological polar surface area (TPSA) is 53.0 Å². The molecule has 3 nitrogen and oxygen atoms in total. The minimum absolute atomic E-state index is 0. The number of rotatable bonds is 3. The summed E-state index contributed by atoms with van der Waals surface area (Å²) >= 11 is 0. The van der Waals surface area contributed by atoms with Crippen molar-refractivity contribution in [2.24, 2.45) is 0 Å². The zero-order chi connectivity index (χ0) is 10.7. The second-order valence-corrected chi connectivity index (χ2v) is 3.51. The average Bonchev–Trinajstić information content (AvgIpc) is 2.01. The summed E-state index contributed by atoms with van der Waals surface area (Å²) in [6.07, 6.45) is 1.36. The van der Waals surface area contributed by atoms with Gasteiger partial charge in [0.1, 0.15) is 11.6 Å². The van der Waals surface area contributed by atoms with Crippen molar-refractivity contribution in [2.45, 2.75) is 32.9 Å². The van der Waals surface area contributed by atoms with Crippen LogP contribution in [0.15, 0.2) is 12.3 Å². The van der Waals surface area contributed by atoms with Gasteiger partial charge in [-0.05, 0) is 6.07 Å². The van der Waals surface area contributed by atoms with Gasteiger partial charge in [0.2, 0.25) is 0 Å². The second kappa shape index (κ2) is 7.07. The van der Waals surface area contributed by atoms with Gasteiger partial charge in [-0.25, -0.2) is 9.37 Å². The molecule has 0 saturated carbocycles. The van der Waals surface area contributed by atoms with Gasteiger partial charge in [-0.2, -0.15) is 0 Å². The van der Waals surface area contributed by atoms with Crippen LogP contribution in [0.5, 0.6) is 0 Å². The van der Waals surface area contributed by atoms with E-state index in [2.05, 4.69) is 10.3 Å². The number of anilines is 1. The van der Waals surface area contributed by atoms with Crippen LogP contribution in [0.2, 0.25) is 0 Å². The maximum absolute atomic E-state index is 13.4. The van der Waals surface area contributed by atoms with Crippen LogP contribution in [0, 0.1) is 5.82 Å². The maximum atomic E-state index is 13.4. The van der Waals surface area contributed by atoms with Crippen molar-refractivity contribution >= 4 is 5.82 Å². The number of nitrogens with zero attached hydrogens (tertiary/aromatic N) is 2. The molecular weight excluding hydrogens is 267 g/mol. The summed E-state index contributed by atoms with van der Waals surface area (Å²) < 4.78 is 13.4. The third kappa shape index (κ3) is 4.57. The normalized spacial score (nSPS) is 12.3. The Morgan fingerprint density at radius 1 is 1.40 bits per heavy atom. The molecular formula is C10H15FN3Rb. The van der Waals surface area contributed by atoms with Crippen molar-refractivity contribution in [3.63, 3.8) is 0 Å². The fourth-order valence-electron chi connectivity index (χ4n) is 1.40. The standard InChI is InChI=1S/C10H15FN3.Rb/c1-6(2)14-7(3)9-8(11)4-5-13-10(9)12;/h4-7H,1-3H3,(H2,12,13);/q-1;+1. The smallest absolute Gasteiger partial charge is 0.653 e. The number of aromatic nitrogens is 1. The molecule has 1 atom stereocenters. The zero-order valence-corrected chi connectivity index (χ0v) is 14.6. The molecule has 1 rings (SSSR count). The number of nitrogen functional groups attached to an aromatic ring is 1. The maximum Gasteiger partial charge on any atom is 1.00 e. The molecule has 0 aliphatic carbocycles. The van der Waals surface area contributed by atoms with Gasteiger partial charge in [0, 0.05) is 11.8 Å². The Balaban J connectivity index is 0.00000196. The summed E-state index contributed by atoms with van der Waals surface area (Å²) in [6.45, 7) is 5.71. The first-order valence-electron chi connectivity index (χ1n) is 4.62. The van der Waals surface area contributed by atoms with Crippen LogP contribution in [-0.2, 0) is 0 Å². The van der Waals surface area contributed by atoms with E-state index in [0.717, 1.165) is 0 Å². The van der Waals surface area contributed by atoms with Gasteiger partial charge in [0.25, 0.3) is 0 Å². The summed E-state index contributed by atoms with van der Waals surface area (Å²) in [5, 5.41) is 4.31. The van der Waals surface area contributed by atoms with E-state index < -0.39 is 0 Å². The molecule has 0 amide bonds. The molecule has 0 fully saturated rings. The third-order valence-corrected chi connectivity index (χ3v) is 1.91. The molecule has 5 heteroatoms. The SMILES string of the molecule is CC(C)[N-]C(C)c1c(F)ccnc1N.[Rb+]. The molecule has 1 unspecified atom stereocenters. The van der Waals surface area contributed by atoms with E-state index in [1.807, 2.05) is 20.8 Å². The summed E-state index contributed by atoms with van der Waals surface area (Å²) in [7, 11) is 0. The first kappa shape index (κ1) is 15.6. The quantitative estimate of drug-likeness (QED) is 0.823. The average molecular weight is 282 g/mol. The number of halogens is 1. The van der Waals surface area contributed by atoms with Gasteiger partial charge < -0.3 is 11.1 Å². The van der Waals surface area contributed by atoms with Gasteiger partial charge in [-0.3, -0.25) is 0 Å². The van der Waals surface area contributed by atoms with Gasteiger partial charge in [0.15, 0.2) is 0 Å². The summed E-state index contributed by atoms with van der Waals surface area (Å²) in [5.41, 5.74) is 5.98. The van der Waals surface area contributed by atoms with E-state index >= 15 is 0 Å². The predicted octanol–water partition coefficient (Wildman–Crippen LogP) is -0.350. The van der Waals surface area contributed by atoms with E-state index in [4.69, 9.17) is 5.73 Å². The zero-order valence-electron chi connectivity index (χ0n) is 9.66. The molecule has 0 spiro atoms. The first-order chi connectivity index (χ1) is 6.52. The molecule has 0 saturated heterocycles. The van der Waals surface area contributed by atoms with Crippen LogP contribution in [0.4, 0.5) is 10.2 Å². The van der Waals surface area contributed by atoms with E-state index in [1.165, 1.54) is 12.3 Å². The molecule has 15 heavy (non-hydrogen) atoms. The third-order valence-electron chi connectivity index (χ3n) is 1.91. The minimum Gasteiger partial charge on any atom is -0.653 e. The van der Waals surface area contributed by atoms with E-state index in [-0.39, 0.29) is 81.9 Å². The molecule has 0 radical (unpaired) electrons. The monoisotopic (exact) mass is 281 g/mol. The van der Waals surface area contributed by atoms with Crippen LogP contribution in [0.1, 0.15) is 32.4 Å². The summed E-state index contributed by atoms with van der Waals surface area (Å²) in [5.74, 6) is -0.115. The molecule has 1 heterocycles. The van der Waals surface area contributed by atoms with E-state index in [1.54, 1.807) is 0 Å². The Kier molecular flexibility index (Phi) is 7.37. The number of hydrogen-bond donors (Lipinski definition) is 1. The van der Waals surface area contributed by atoms with Crippen LogP contribution >= 0.6 is 0 Å². The van der Waals surface area contributed by atoms with Crippen LogP contribution in [-0.4, -0.2) is 11.0 Å². The number of hydrogen-bond acceptors (Lipinski definition) is 2. The molecule has 0 aromatic carbocycles. The Morgan fingerprint density at radius 2 is 2.00 bits per heavy atom. The van der Waals surface area contributed by atoms with Gasteiger partial charge in [-0.1, -0.05) is 20.8 Å². The van der Waals surface area contributed by atoms with Crippen LogP contribution in [0.25, 0.3) is 5.32 Å². The van der Waals surface area contributed by atoms with Crippen molar-refractivity contribution in [1.29, 1.82) is 0 Å². The molecule has 78 valence electrons. The Hall–Kier alpha value is 0.645. The first-order valence-corrected chi connectivity index (χ1v) is 4.62. The largest absolute Gasteiger partial charge is 1.00 e. The van der Waals surface area contributed by atoms with E-state index in [9.17, 15) is 4.39 Å². The molecule has 0 aliphatic heterocycles. The van der Waals surface area contributed by atoms with Crippen molar-refractivity contribution in [3.8, 4) is 0 Å². The Bertz CT molecular complexity index is 297. The fraction of sp³-hybridized carbons (Fsp3) is 0.500. The van der Waals surface area contributed by atoms with Gasteiger partial charge in [0.05, 0.1) is 0 Å². The van der Waals surface area contributed by atoms with E-state index in [0.29, 0.717) is 5.56 Å². The number of nitrogens with two attached hydrogens (primary N) is 1. The Morgan fingerprint density at radius 3 is 2.47 bits per heavy atom. The van der Waals surface area contributed by atoms with Crippen molar-refractivity contribution in [3.05, 3.63) is 29.0 Å². The summed E-state index contributed by atoms with van der Waals surface area (Å²) in [4.78, 5) is 3.85. The van der Waals surface area contributed by atoms with Crippen LogP contribution in [0.3, 0.4) is 0 Å².